The van der Waals surface area contributed by atoms with E-state index in [0.717, 1.165) is 26.1 Å². The van der Waals surface area contributed by atoms with Crippen molar-refractivity contribution in [1.82, 2.24) is 20.0 Å². The zero-order valence-electron chi connectivity index (χ0n) is 11.0. The first kappa shape index (κ1) is 13.2. The summed E-state index contributed by atoms with van der Waals surface area (Å²) in [5.74, 6) is 0. The van der Waals surface area contributed by atoms with Crippen molar-refractivity contribution in [2.75, 3.05) is 27.7 Å². The molecule has 0 aliphatic heterocycles. The molecule has 0 aromatic carbocycles. The molecule has 92 valence electrons. The van der Waals surface area contributed by atoms with Crippen LogP contribution in [0.25, 0.3) is 0 Å². The first-order chi connectivity index (χ1) is 7.69. The molecule has 0 spiro atoms. The molecule has 4 nitrogen and oxygen atoms in total. The smallest absolute Gasteiger partial charge is 0.0539 e. The molecule has 16 heavy (non-hydrogen) atoms. The molecule has 0 saturated heterocycles. The first-order valence-corrected chi connectivity index (χ1v) is 6.02. The van der Waals surface area contributed by atoms with E-state index in [1.807, 2.05) is 13.2 Å². The van der Waals surface area contributed by atoms with Crippen molar-refractivity contribution in [2.24, 2.45) is 0 Å². The number of aromatic nitrogens is 2. The topological polar surface area (TPSA) is 33.1 Å². The fourth-order valence-electron chi connectivity index (χ4n) is 1.80. The molecule has 1 aromatic heterocycles. The summed E-state index contributed by atoms with van der Waals surface area (Å²) in [4.78, 5) is 2.19. The van der Waals surface area contributed by atoms with Gasteiger partial charge in [-0.1, -0.05) is 13.3 Å². The van der Waals surface area contributed by atoms with Crippen LogP contribution < -0.4 is 5.32 Å². The quantitative estimate of drug-likeness (QED) is 0.753. The zero-order valence-corrected chi connectivity index (χ0v) is 11.0. The van der Waals surface area contributed by atoms with Crippen LogP contribution in [-0.4, -0.2) is 42.4 Å². The predicted molar refractivity (Wildman–Crippen MR) is 67.5 cm³/mol. The molecule has 0 unspecified atom stereocenters. The Morgan fingerprint density at radius 3 is 2.75 bits per heavy atom. The van der Waals surface area contributed by atoms with E-state index >= 15 is 0 Å². The third kappa shape index (κ3) is 3.61. The summed E-state index contributed by atoms with van der Waals surface area (Å²) in [6.07, 6.45) is 4.28. The molecule has 0 amide bonds. The van der Waals surface area contributed by atoms with Crippen LogP contribution in [0.15, 0.2) is 6.20 Å². The molecular weight excluding hydrogens is 200 g/mol. The van der Waals surface area contributed by atoms with Crippen LogP contribution in [0.3, 0.4) is 0 Å². The third-order valence-corrected chi connectivity index (χ3v) is 2.65. The standard InChI is InChI=1S/C12H24N4/c1-5-6-12-11(9-13-2)10-14-16(12)8-7-15(3)4/h10,13H,5-9H2,1-4H3. The maximum absolute atomic E-state index is 4.48. The van der Waals surface area contributed by atoms with Gasteiger partial charge in [-0.25, -0.2) is 0 Å². The molecule has 4 heteroatoms. The monoisotopic (exact) mass is 224 g/mol. The number of hydrogen-bond acceptors (Lipinski definition) is 3. The Morgan fingerprint density at radius 2 is 2.19 bits per heavy atom. The number of nitrogens with zero attached hydrogens (tertiary/aromatic N) is 3. The van der Waals surface area contributed by atoms with Crippen molar-refractivity contribution in [1.29, 1.82) is 0 Å². The Bertz CT molecular complexity index is 304. The van der Waals surface area contributed by atoms with E-state index in [-0.39, 0.29) is 0 Å². The number of hydrogen-bond donors (Lipinski definition) is 1. The van der Waals surface area contributed by atoms with Crippen molar-refractivity contribution >= 4 is 0 Å². The second-order valence-electron chi connectivity index (χ2n) is 4.42. The molecule has 1 rings (SSSR count). The van der Waals surface area contributed by atoms with Crippen molar-refractivity contribution in [3.63, 3.8) is 0 Å². The lowest BCUT2D eigenvalue weighted by Gasteiger charge is -2.12. The summed E-state index contributed by atoms with van der Waals surface area (Å²) < 4.78 is 2.15. The molecule has 0 fully saturated rings. The van der Waals surface area contributed by atoms with Gasteiger partial charge in [-0.05, 0) is 27.6 Å². The molecule has 0 radical (unpaired) electrons. The minimum absolute atomic E-state index is 0.914. The Balaban J connectivity index is 2.73. The summed E-state index contributed by atoms with van der Waals surface area (Å²) in [6, 6.07) is 0. The molecule has 0 atom stereocenters. The summed E-state index contributed by atoms with van der Waals surface area (Å²) in [5, 5.41) is 7.67. The Kier molecular flexibility index (Phi) is 5.49. The lowest BCUT2D eigenvalue weighted by molar-refractivity contribution is 0.369. The van der Waals surface area contributed by atoms with E-state index in [2.05, 4.69) is 41.0 Å². The summed E-state index contributed by atoms with van der Waals surface area (Å²) in [6.45, 7) is 5.15. The van der Waals surface area contributed by atoms with Crippen LogP contribution in [0.2, 0.25) is 0 Å². The van der Waals surface area contributed by atoms with E-state index in [1.165, 1.54) is 17.7 Å². The van der Waals surface area contributed by atoms with Gasteiger partial charge in [-0.2, -0.15) is 5.10 Å². The van der Waals surface area contributed by atoms with Crippen molar-refractivity contribution in [3.8, 4) is 0 Å². The van der Waals surface area contributed by atoms with Gasteiger partial charge in [0.25, 0.3) is 0 Å². The normalized spacial score (nSPS) is 11.3. The van der Waals surface area contributed by atoms with Gasteiger partial charge in [0.05, 0.1) is 12.7 Å². The highest BCUT2D eigenvalue weighted by Gasteiger charge is 2.09. The van der Waals surface area contributed by atoms with E-state index in [0.29, 0.717) is 0 Å². The van der Waals surface area contributed by atoms with E-state index < -0.39 is 0 Å². The van der Waals surface area contributed by atoms with Crippen LogP contribution in [0.1, 0.15) is 24.6 Å². The van der Waals surface area contributed by atoms with E-state index in [4.69, 9.17) is 0 Å². The molecule has 0 aliphatic rings. The highest BCUT2D eigenvalue weighted by molar-refractivity contribution is 5.17. The van der Waals surface area contributed by atoms with Gasteiger partial charge in [0.2, 0.25) is 0 Å². The summed E-state index contributed by atoms with van der Waals surface area (Å²) >= 11 is 0. The van der Waals surface area contributed by atoms with Crippen LogP contribution in [0.5, 0.6) is 0 Å². The average Bonchev–Trinajstić information content (AvgIpc) is 2.60. The van der Waals surface area contributed by atoms with Crippen molar-refractivity contribution in [3.05, 3.63) is 17.5 Å². The van der Waals surface area contributed by atoms with Gasteiger partial charge in [-0.15, -0.1) is 0 Å². The molecule has 0 aliphatic carbocycles. The maximum Gasteiger partial charge on any atom is 0.0539 e. The van der Waals surface area contributed by atoms with Gasteiger partial charge in [0.15, 0.2) is 0 Å². The molecule has 1 heterocycles. The maximum atomic E-state index is 4.48. The highest BCUT2D eigenvalue weighted by Crippen LogP contribution is 2.11. The number of likely N-dealkylation sites (N-methyl/N-ethyl adjacent to an activating group) is 1. The second kappa shape index (κ2) is 6.66. The molecule has 0 bridgehead atoms. The second-order valence-corrected chi connectivity index (χ2v) is 4.42. The molecule has 1 N–H and O–H groups in total. The lowest BCUT2D eigenvalue weighted by Crippen LogP contribution is -2.20. The summed E-state index contributed by atoms with van der Waals surface area (Å²) in [7, 11) is 6.17. The minimum atomic E-state index is 0.914. The Hall–Kier alpha value is -0.870. The fourth-order valence-corrected chi connectivity index (χ4v) is 1.80. The van der Waals surface area contributed by atoms with Crippen LogP contribution in [-0.2, 0) is 19.5 Å². The van der Waals surface area contributed by atoms with Crippen molar-refractivity contribution in [2.45, 2.75) is 32.9 Å². The van der Waals surface area contributed by atoms with E-state index in [1.54, 1.807) is 0 Å². The molecular formula is C12H24N4. The molecule has 1 aromatic rings. The van der Waals surface area contributed by atoms with Gasteiger partial charge in [-0.3, -0.25) is 4.68 Å². The highest BCUT2D eigenvalue weighted by atomic mass is 15.3. The third-order valence-electron chi connectivity index (χ3n) is 2.65. The predicted octanol–water partition coefficient (Wildman–Crippen LogP) is 1.12. The fraction of sp³-hybridized carbons (Fsp3) is 0.750. The van der Waals surface area contributed by atoms with Crippen LogP contribution >= 0.6 is 0 Å². The van der Waals surface area contributed by atoms with Gasteiger partial charge in [0, 0.05) is 24.3 Å². The zero-order chi connectivity index (χ0) is 12.0. The van der Waals surface area contributed by atoms with E-state index in [9.17, 15) is 0 Å². The van der Waals surface area contributed by atoms with Gasteiger partial charge < -0.3 is 10.2 Å². The molecule has 0 saturated carbocycles. The SMILES string of the molecule is CCCc1c(CNC)cnn1CCN(C)C. The first-order valence-electron chi connectivity index (χ1n) is 6.02. The Morgan fingerprint density at radius 1 is 1.44 bits per heavy atom. The average molecular weight is 224 g/mol. The summed E-state index contributed by atoms with van der Waals surface area (Å²) in [5.41, 5.74) is 2.72. The van der Waals surface area contributed by atoms with Gasteiger partial charge in [0.1, 0.15) is 0 Å². The minimum Gasteiger partial charge on any atom is -0.316 e. The lowest BCUT2D eigenvalue weighted by atomic mass is 10.1. The van der Waals surface area contributed by atoms with Gasteiger partial charge >= 0.3 is 0 Å². The van der Waals surface area contributed by atoms with Crippen LogP contribution in [0.4, 0.5) is 0 Å². The van der Waals surface area contributed by atoms with Crippen molar-refractivity contribution < 1.29 is 0 Å². The number of nitrogens with one attached hydrogen (secondary N) is 1. The Labute approximate surface area is 98.6 Å². The van der Waals surface area contributed by atoms with Crippen LogP contribution in [0, 0.1) is 0 Å². The number of rotatable bonds is 7. The largest absolute Gasteiger partial charge is 0.316 e.